The number of para-hydroxylation sites is 2. The van der Waals surface area contributed by atoms with E-state index in [1.807, 2.05) is 0 Å². The Morgan fingerprint density at radius 3 is 2.32 bits per heavy atom. The van der Waals surface area contributed by atoms with Crippen LogP contribution in [0, 0.1) is 6.92 Å². The monoisotopic (exact) mass is 371 g/mol. The Bertz CT molecular complexity index is 986. The molecule has 5 rings (SSSR count). The number of nitrogens with zero attached hydrogens (tertiary/aromatic N) is 3. The minimum absolute atomic E-state index is 1.08. The molecule has 3 heteroatoms. The molecule has 144 valence electrons. The lowest BCUT2D eigenvalue weighted by Gasteiger charge is -2.39. The third-order valence-corrected chi connectivity index (χ3v) is 6.44. The molecular formula is C25H29N3. The van der Waals surface area contributed by atoms with Crippen molar-refractivity contribution < 1.29 is 0 Å². The number of aryl methyl sites for hydroxylation is 2. The Balaban J connectivity index is 1.50. The number of fused-ring (bicyclic) bond motifs is 2. The first-order chi connectivity index (χ1) is 13.8. The highest BCUT2D eigenvalue weighted by Crippen LogP contribution is 2.36. The molecule has 1 fully saturated rings. The van der Waals surface area contributed by atoms with Crippen molar-refractivity contribution in [3.8, 4) is 0 Å². The van der Waals surface area contributed by atoms with Crippen LogP contribution in [0.4, 0.5) is 11.4 Å². The molecular weight excluding hydrogens is 342 g/mol. The molecule has 3 nitrogen and oxygen atoms in total. The number of pyridine rings is 1. The van der Waals surface area contributed by atoms with Gasteiger partial charge in [0.2, 0.25) is 0 Å². The molecule has 3 aromatic rings. The van der Waals surface area contributed by atoms with Gasteiger partial charge in [-0.2, -0.15) is 0 Å². The highest BCUT2D eigenvalue weighted by Gasteiger charge is 2.25. The smallest absolute Gasteiger partial charge is 0.0726 e. The van der Waals surface area contributed by atoms with E-state index < -0.39 is 0 Å². The normalized spacial score (nSPS) is 17.5. The largest absolute Gasteiger partial charge is 0.368 e. The van der Waals surface area contributed by atoms with Crippen LogP contribution in [0.2, 0.25) is 0 Å². The van der Waals surface area contributed by atoms with Gasteiger partial charge in [-0.05, 0) is 55.9 Å². The SMILES string of the molecule is Cc1ccccc1N1CCN(c2c3c(nc4ccccc24)CCCCC3)CC1. The molecule has 1 saturated heterocycles. The average molecular weight is 372 g/mol. The van der Waals surface area contributed by atoms with Crippen molar-refractivity contribution in [2.24, 2.45) is 0 Å². The topological polar surface area (TPSA) is 19.4 Å². The van der Waals surface area contributed by atoms with Gasteiger partial charge in [0, 0.05) is 42.9 Å². The van der Waals surface area contributed by atoms with Crippen molar-refractivity contribution in [3.63, 3.8) is 0 Å². The number of aromatic nitrogens is 1. The van der Waals surface area contributed by atoms with Crippen molar-refractivity contribution in [1.29, 1.82) is 0 Å². The first-order valence-corrected chi connectivity index (χ1v) is 10.8. The summed E-state index contributed by atoms with van der Waals surface area (Å²) in [5.74, 6) is 0. The van der Waals surface area contributed by atoms with Gasteiger partial charge in [-0.15, -0.1) is 0 Å². The quantitative estimate of drug-likeness (QED) is 0.582. The Hall–Kier alpha value is -2.55. The maximum Gasteiger partial charge on any atom is 0.0726 e. The number of rotatable bonds is 2. The lowest BCUT2D eigenvalue weighted by atomic mass is 10.00. The molecule has 1 aromatic heterocycles. The zero-order valence-electron chi connectivity index (χ0n) is 16.8. The minimum Gasteiger partial charge on any atom is -0.368 e. The Morgan fingerprint density at radius 2 is 1.46 bits per heavy atom. The van der Waals surface area contributed by atoms with Crippen LogP contribution in [-0.2, 0) is 12.8 Å². The number of hydrogen-bond donors (Lipinski definition) is 0. The van der Waals surface area contributed by atoms with Gasteiger partial charge in [-0.3, -0.25) is 4.98 Å². The molecule has 1 aliphatic heterocycles. The standard InChI is InChI=1S/C25H29N3/c1-19-9-5-8-14-24(19)27-15-17-28(18-16-27)25-20-10-3-2-4-12-22(20)26-23-13-7-6-11-21(23)25/h5-9,11,13-14H,2-4,10,12,15-18H2,1H3. The van der Waals surface area contributed by atoms with Gasteiger partial charge in [0.1, 0.15) is 0 Å². The molecule has 0 bridgehead atoms. The molecule has 0 amide bonds. The first kappa shape index (κ1) is 17.5. The summed E-state index contributed by atoms with van der Waals surface area (Å²) in [4.78, 5) is 10.3. The molecule has 0 spiro atoms. The van der Waals surface area contributed by atoms with E-state index in [-0.39, 0.29) is 0 Å². The summed E-state index contributed by atoms with van der Waals surface area (Å²) < 4.78 is 0. The summed E-state index contributed by atoms with van der Waals surface area (Å²) >= 11 is 0. The summed E-state index contributed by atoms with van der Waals surface area (Å²) in [5.41, 5.74) is 8.29. The Morgan fingerprint density at radius 1 is 0.750 bits per heavy atom. The summed E-state index contributed by atoms with van der Waals surface area (Å²) in [7, 11) is 0. The van der Waals surface area contributed by atoms with Gasteiger partial charge in [-0.25, -0.2) is 0 Å². The van der Waals surface area contributed by atoms with Crippen molar-refractivity contribution in [3.05, 3.63) is 65.4 Å². The number of hydrogen-bond acceptors (Lipinski definition) is 3. The minimum atomic E-state index is 1.08. The van der Waals surface area contributed by atoms with Crippen LogP contribution >= 0.6 is 0 Å². The van der Waals surface area contributed by atoms with E-state index in [1.165, 1.54) is 64.8 Å². The third-order valence-electron chi connectivity index (χ3n) is 6.44. The zero-order valence-corrected chi connectivity index (χ0v) is 16.8. The summed E-state index contributed by atoms with van der Waals surface area (Å²) in [6, 6.07) is 17.5. The molecule has 28 heavy (non-hydrogen) atoms. The summed E-state index contributed by atoms with van der Waals surface area (Å²) in [6.07, 6.45) is 6.21. The molecule has 0 saturated carbocycles. The number of piperazine rings is 1. The van der Waals surface area contributed by atoms with Gasteiger partial charge in [0.15, 0.2) is 0 Å². The molecule has 0 unspecified atom stereocenters. The molecule has 0 radical (unpaired) electrons. The van der Waals surface area contributed by atoms with Crippen LogP contribution < -0.4 is 9.80 Å². The highest BCUT2D eigenvalue weighted by molar-refractivity contribution is 5.94. The van der Waals surface area contributed by atoms with Crippen LogP contribution in [0.15, 0.2) is 48.5 Å². The second-order valence-electron chi connectivity index (χ2n) is 8.22. The molecule has 2 aliphatic rings. The fourth-order valence-electron chi connectivity index (χ4n) is 4.97. The fourth-order valence-corrected chi connectivity index (χ4v) is 4.97. The van der Waals surface area contributed by atoms with Crippen LogP contribution in [-0.4, -0.2) is 31.2 Å². The van der Waals surface area contributed by atoms with E-state index >= 15 is 0 Å². The van der Waals surface area contributed by atoms with E-state index in [0.717, 1.165) is 32.6 Å². The maximum absolute atomic E-state index is 5.07. The summed E-state index contributed by atoms with van der Waals surface area (Å²) in [6.45, 7) is 6.54. The van der Waals surface area contributed by atoms with Crippen LogP contribution in [0.3, 0.4) is 0 Å². The van der Waals surface area contributed by atoms with Gasteiger partial charge >= 0.3 is 0 Å². The van der Waals surface area contributed by atoms with Crippen molar-refractivity contribution in [2.45, 2.75) is 39.0 Å². The number of benzene rings is 2. The lowest BCUT2D eigenvalue weighted by molar-refractivity contribution is 0.650. The van der Waals surface area contributed by atoms with Crippen LogP contribution in [0.1, 0.15) is 36.1 Å². The third kappa shape index (κ3) is 3.13. The van der Waals surface area contributed by atoms with Crippen molar-refractivity contribution in [2.75, 3.05) is 36.0 Å². The second kappa shape index (κ2) is 7.46. The van der Waals surface area contributed by atoms with E-state index in [1.54, 1.807) is 0 Å². The first-order valence-electron chi connectivity index (χ1n) is 10.8. The van der Waals surface area contributed by atoms with Crippen molar-refractivity contribution >= 4 is 22.3 Å². The van der Waals surface area contributed by atoms with E-state index in [9.17, 15) is 0 Å². The van der Waals surface area contributed by atoms with Gasteiger partial charge in [0.05, 0.1) is 11.2 Å². The predicted octanol–water partition coefficient (Wildman–Crippen LogP) is 5.14. The van der Waals surface area contributed by atoms with Crippen LogP contribution in [0.5, 0.6) is 0 Å². The molecule has 0 N–H and O–H groups in total. The average Bonchev–Trinajstić information content (AvgIpc) is 2.98. The second-order valence-corrected chi connectivity index (χ2v) is 8.22. The summed E-state index contributed by atoms with van der Waals surface area (Å²) in [5, 5.41) is 1.34. The van der Waals surface area contributed by atoms with Gasteiger partial charge in [0.25, 0.3) is 0 Å². The number of anilines is 2. The van der Waals surface area contributed by atoms with E-state index in [2.05, 4.69) is 65.3 Å². The fraction of sp³-hybridized carbons (Fsp3) is 0.400. The Labute approximate surface area is 168 Å². The predicted molar refractivity (Wildman–Crippen MR) is 119 cm³/mol. The van der Waals surface area contributed by atoms with Gasteiger partial charge in [-0.1, -0.05) is 42.8 Å². The van der Waals surface area contributed by atoms with E-state index in [0.29, 0.717) is 0 Å². The Kier molecular flexibility index (Phi) is 4.67. The van der Waals surface area contributed by atoms with Gasteiger partial charge < -0.3 is 9.80 Å². The molecule has 1 aliphatic carbocycles. The maximum atomic E-state index is 5.07. The zero-order chi connectivity index (χ0) is 18.9. The lowest BCUT2D eigenvalue weighted by Crippen LogP contribution is -2.47. The molecule has 2 heterocycles. The molecule has 2 aromatic carbocycles. The van der Waals surface area contributed by atoms with E-state index in [4.69, 9.17) is 4.98 Å². The van der Waals surface area contributed by atoms with Crippen molar-refractivity contribution in [1.82, 2.24) is 4.98 Å². The highest BCUT2D eigenvalue weighted by atomic mass is 15.3. The van der Waals surface area contributed by atoms with Crippen LogP contribution in [0.25, 0.3) is 10.9 Å². The molecule has 0 atom stereocenters.